The molecule has 0 unspecified atom stereocenters. The number of hydrogen-bond acceptors (Lipinski definition) is 4. The van der Waals surface area contributed by atoms with E-state index in [1.54, 1.807) is 0 Å². The minimum Gasteiger partial charge on any atom is -0.390 e. The van der Waals surface area contributed by atoms with E-state index in [2.05, 4.69) is 4.90 Å². The molecule has 1 atom stereocenters. The third-order valence-electron chi connectivity index (χ3n) is 7.26. The number of hydrogen-bond donors (Lipinski definition) is 1. The molecule has 1 aliphatic carbocycles. The van der Waals surface area contributed by atoms with Gasteiger partial charge in [0.15, 0.2) is 0 Å². The summed E-state index contributed by atoms with van der Waals surface area (Å²) in [5.74, 6) is 0.565. The van der Waals surface area contributed by atoms with Crippen molar-refractivity contribution in [2.24, 2.45) is 5.92 Å². The number of carbonyl (C=O) groups is 1. The molecule has 1 saturated carbocycles. The zero-order valence-electron chi connectivity index (χ0n) is 15.5. The molecule has 4 rings (SSSR count). The minimum absolute atomic E-state index is 0.212. The average molecular weight is 351 g/mol. The van der Waals surface area contributed by atoms with Crippen LogP contribution >= 0.6 is 0 Å². The molecule has 0 aromatic carbocycles. The molecule has 25 heavy (non-hydrogen) atoms. The predicted octanol–water partition coefficient (Wildman–Crippen LogP) is 2.17. The van der Waals surface area contributed by atoms with Gasteiger partial charge in [-0.1, -0.05) is 12.8 Å². The standard InChI is InChI=1S/C20H34N2O3/c23-18-6-3-15-25-20(18)9-13-22(14-10-20)19(24)16-7-11-21(12-8-16)17-4-1-2-5-17/h16-18,23H,1-15H2/t18-/m0/s1. The predicted molar refractivity (Wildman–Crippen MR) is 96.3 cm³/mol. The van der Waals surface area contributed by atoms with Gasteiger partial charge in [0.1, 0.15) is 0 Å². The second-order valence-corrected chi connectivity index (χ2v) is 8.65. The highest BCUT2D eigenvalue weighted by atomic mass is 16.5. The van der Waals surface area contributed by atoms with Gasteiger partial charge in [0, 0.05) is 31.7 Å². The fraction of sp³-hybridized carbons (Fsp3) is 0.950. The molecule has 1 N–H and O–H groups in total. The Morgan fingerprint density at radius 3 is 2.24 bits per heavy atom. The number of aliphatic hydroxyl groups excluding tert-OH is 1. The van der Waals surface area contributed by atoms with Crippen LogP contribution in [-0.4, -0.2) is 71.3 Å². The lowest BCUT2D eigenvalue weighted by Gasteiger charge is -2.47. The summed E-state index contributed by atoms with van der Waals surface area (Å²) in [4.78, 5) is 17.6. The molecule has 4 aliphatic rings. The number of nitrogens with zero attached hydrogens (tertiary/aromatic N) is 2. The molecular formula is C20H34N2O3. The summed E-state index contributed by atoms with van der Waals surface area (Å²) >= 11 is 0. The van der Waals surface area contributed by atoms with Crippen LogP contribution in [0.4, 0.5) is 0 Å². The largest absolute Gasteiger partial charge is 0.390 e. The highest BCUT2D eigenvalue weighted by Crippen LogP contribution is 2.36. The maximum Gasteiger partial charge on any atom is 0.225 e. The first kappa shape index (κ1) is 17.7. The summed E-state index contributed by atoms with van der Waals surface area (Å²) in [6.07, 6.45) is 10.5. The summed E-state index contributed by atoms with van der Waals surface area (Å²) in [5, 5.41) is 10.4. The SMILES string of the molecule is O=C(C1CCN(C2CCCC2)CC1)N1CCC2(CC1)OCCC[C@@H]2O. The second-order valence-electron chi connectivity index (χ2n) is 8.65. The molecule has 0 bridgehead atoms. The first-order valence-electron chi connectivity index (χ1n) is 10.5. The number of piperidine rings is 2. The van der Waals surface area contributed by atoms with Gasteiger partial charge < -0.3 is 19.6 Å². The summed E-state index contributed by atoms with van der Waals surface area (Å²) in [6, 6.07) is 0.788. The lowest BCUT2D eigenvalue weighted by Crippen LogP contribution is -2.57. The molecule has 0 radical (unpaired) electrons. The van der Waals surface area contributed by atoms with Crippen LogP contribution in [0.5, 0.6) is 0 Å². The number of rotatable bonds is 2. The van der Waals surface area contributed by atoms with E-state index >= 15 is 0 Å². The van der Waals surface area contributed by atoms with E-state index in [0.717, 1.165) is 77.4 Å². The van der Waals surface area contributed by atoms with E-state index in [9.17, 15) is 9.90 Å². The van der Waals surface area contributed by atoms with Crippen LogP contribution in [0.25, 0.3) is 0 Å². The van der Waals surface area contributed by atoms with Gasteiger partial charge in [-0.15, -0.1) is 0 Å². The van der Waals surface area contributed by atoms with E-state index < -0.39 is 0 Å². The number of amides is 1. The van der Waals surface area contributed by atoms with E-state index in [0.29, 0.717) is 5.91 Å². The number of carbonyl (C=O) groups excluding carboxylic acids is 1. The van der Waals surface area contributed by atoms with Crippen molar-refractivity contribution in [3.63, 3.8) is 0 Å². The highest BCUT2D eigenvalue weighted by molar-refractivity contribution is 5.79. The molecule has 142 valence electrons. The normalized spacial score (nSPS) is 32.4. The van der Waals surface area contributed by atoms with Gasteiger partial charge in [0.2, 0.25) is 5.91 Å². The van der Waals surface area contributed by atoms with Gasteiger partial charge in [-0.2, -0.15) is 0 Å². The van der Waals surface area contributed by atoms with E-state index in [4.69, 9.17) is 4.74 Å². The van der Waals surface area contributed by atoms with Crippen molar-refractivity contribution in [1.82, 2.24) is 9.80 Å². The van der Waals surface area contributed by atoms with Gasteiger partial charge in [0.25, 0.3) is 0 Å². The maximum absolute atomic E-state index is 12.9. The molecule has 4 fully saturated rings. The monoisotopic (exact) mass is 350 g/mol. The van der Waals surface area contributed by atoms with Crippen molar-refractivity contribution in [2.75, 3.05) is 32.8 Å². The quantitative estimate of drug-likeness (QED) is 0.829. The van der Waals surface area contributed by atoms with Crippen LogP contribution < -0.4 is 0 Å². The summed E-state index contributed by atoms with van der Waals surface area (Å²) in [6.45, 7) is 4.45. The Hall–Kier alpha value is -0.650. The Labute approximate surface area is 151 Å². The Morgan fingerprint density at radius 1 is 0.920 bits per heavy atom. The van der Waals surface area contributed by atoms with Crippen molar-refractivity contribution in [3.8, 4) is 0 Å². The Balaban J connectivity index is 1.26. The molecule has 5 nitrogen and oxygen atoms in total. The van der Waals surface area contributed by atoms with Crippen LogP contribution in [0.1, 0.15) is 64.2 Å². The average Bonchev–Trinajstić information content (AvgIpc) is 3.19. The zero-order chi connectivity index (χ0) is 17.3. The Morgan fingerprint density at radius 2 is 1.60 bits per heavy atom. The molecular weight excluding hydrogens is 316 g/mol. The lowest BCUT2D eigenvalue weighted by molar-refractivity contribution is -0.181. The molecule has 0 aromatic heterocycles. The number of ether oxygens (including phenoxy) is 1. The van der Waals surface area contributed by atoms with Crippen molar-refractivity contribution >= 4 is 5.91 Å². The van der Waals surface area contributed by atoms with Crippen LogP contribution in [0.15, 0.2) is 0 Å². The van der Waals surface area contributed by atoms with Crippen LogP contribution in [0.2, 0.25) is 0 Å². The number of aliphatic hydroxyl groups is 1. The van der Waals surface area contributed by atoms with Gasteiger partial charge in [-0.25, -0.2) is 0 Å². The zero-order valence-corrected chi connectivity index (χ0v) is 15.5. The van der Waals surface area contributed by atoms with Crippen molar-refractivity contribution < 1.29 is 14.6 Å². The Bertz CT molecular complexity index is 462. The van der Waals surface area contributed by atoms with E-state index in [-0.39, 0.29) is 17.6 Å². The van der Waals surface area contributed by atoms with Crippen LogP contribution in [0.3, 0.4) is 0 Å². The fourth-order valence-corrected chi connectivity index (χ4v) is 5.53. The molecule has 1 spiro atoms. The molecule has 1 amide bonds. The highest BCUT2D eigenvalue weighted by Gasteiger charge is 2.45. The molecule has 3 aliphatic heterocycles. The van der Waals surface area contributed by atoms with Crippen LogP contribution in [-0.2, 0) is 9.53 Å². The van der Waals surface area contributed by atoms with Crippen molar-refractivity contribution in [1.29, 1.82) is 0 Å². The molecule has 0 aromatic rings. The second kappa shape index (κ2) is 7.53. The molecule has 5 heteroatoms. The minimum atomic E-state index is -0.374. The Kier molecular flexibility index (Phi) is 5.35. The van der Waals surface area contributed by atoms with Gasteiger partial charge >= 0.3 is 0 Å². The lowest BCUT2D eigenvalue weighted by atomic mass is 9.81. The maximum atomic E-state index is 12.9. The third-order valence-corrected chi connectivity index (χ3v) is 7.26. The van der Waals surface area contributed by atoms with E-state index in [1.807, 2.05) is 4.90 Å². The molecule has 3 saturated heterocycles. The number of likely N-dealkylation sites (tertiary alicyclic amines) is 2. The molecule has 3 heterocycles. The summed E-state index contributed by atoms with van der Waals surface area (Å²) < 4.78 is 5.97. The van der Waals surface area contributed by atoms with E-state index in [1.165, 1.54) is 25.7 Å². The fourth-order valence-electron chi connectivity index (χ4n) is 5.53. The van der Waals surface area contributed by atoms with Gasteiger partial charge in [-0.05, 0) is 64.5 Å². The van der Waals surface area contributed by atoms with Gasteiger partial charge in [-0.3, -0.25) is 4.79 Å². The smallest absolute Gasteiger partial charge is 0.225 e. The van der Waals surface area contributed by atoms with Crippen molar-refractivity contribution in [2.45, 2.75) is 82.0 Å². The van der Waals surface area contributed by atoms with Gasteiger partial charge in [0.05, 0.1) is 11.7 Å². The third kappa shape index (κ3) is 3.60. The van der Waals surface area contributed by atoms with Crippen LogP contribution in [0, 0.1) is 5.92 Å². The first-order chi connectivity index (χ1) is 12.2. The summed E-state index contributed by atoms with van der Waals surface area (Å²) in [5.41, 5.74) is -0.374. The van der Waals surface area contributed by atoms with Crippen molar-refractivity contribution in [3.05, 3.63) is 0 Å². The topological polar surface area (TPSA) is 53.0 Å². The first-order valence-corrected chi connectivity index (χ1v) is 10.5. The summed E-state index contributed by atoms with van der Waals surface area (Å²) in [7, 11) is 0.